The molecule has 3 atom stereocenters. The number of benzene rings is 1. The maximum atomic E-state index is 11.9. The van der Waals surface area contributed by atoms with Crippen LogP contribution in [0.5, 0.6) is 0 Å². The van der Waals surface area contributed by atoms with E-state index >= 15 is 0 Å². The van der Waals surface area contributed by atoms with Crippen LogP contribution in [0.2, 0.25) is 0 Å². The van der Waals surface area contributed by atoms with E-state index in [1.54, 1.807) is 6.92 Å². The number of carbonyl (C=O) groups excluding carboxylic acids is 1. The third kappa shape index (κ3) is 1.80. The minimum absolute atomic E-state index is 0.191. The molecule has 0 amide bonds. The van der Waals surface area contributed by atoms with Gasteiger partial charge in [-0.2, -0.15) is 0 Å². The van der Waals surface area contributed by atoms with E-state index in [-0.39, 0.29) is 5.92 Å². The van der Waals surface area contributed by atoms with Crippen molar-refractivity contribution in [1.82, 2.24) is 9.47 Å². The number of aryl methyl sites for hydroxylation is 1. The lowest BCUT2D eigenvalue weighted by atomic mass is 9.72. The van der Waals surface area contributed by atoms with Gasteiger partial charge in [-0.25, -0.2) is 0 Å². The Morgan fingerprint density at radius 1 is 1.29 bits per heavy atom. The molecule has 1 aliphatic carbocycles. The van der Waals surface area contributed by atoms with E-state index in [1.165, 1.54) is 22.0 Å². The molecule has 1 aliphatic heterocycles. The molecule has 1 aromatic heterocycles. The van der Waals surface area contributed by atoms with Gasteiger partial charge in [-0.05, 0) is 44.0 Å². The summed E-state index contributed by atoms with van der Waals surface area (Å²) in [7, 11) is 4.31. The van der Waals surface area contributed by atoms with Gasteiger partial charge in [-0.3, -0.25) is 4.79 Å². The standard InChI is InChI=1S/C18H22N2O/c1-11(21)12-7-15-14-5-4-6-16-18(14)13(10-19(16)2)8-17(15)20(3)9-12/h4-6,10,12,15,17H,7-9H2,1-3H3/t12?,15-,17-/m1/s1. The fourth-order valence-electron chi connectivity index (χ4n) is 4.51. The average molecular weight is 282 g/mol. The number of carbonyl (C=O) groups is 1. The lowest BCUT2D eigenvalue weighted by molar-refractivity contribution is -0.123. The van der Waals surface area contributed by atoms with Crippen LogP contribution in [0, 0.1) is 5.92 Å². The summed E-state index contributed by atoms with van der Waals surface area (Å²) < 4.78 is 2.24. The van der Waals surface area contributed by atoms with E-state index in [9.17, 15) is 4.79 Å². The molecule has 2 aliphatic rings. The molecule has 0 saturated carbocycles. The van der Waals surface area contributed by atoms with Gasteiger partial charge in [0.2, 0.25) is 0 Å². The molecule has 1 aromatic carbocycles. The summed E-state index contributed by atoms with van der Waals surface area (Å²) in [6, 6.07) is 7.19. The van der Waals surface area contributed by atoms with Crippen molar-refractivity contribution in [1.29, 1.82) is 0 Å². The fourth-order valence-corrected chi connectivity index (χ4v) is 4.51. The minimum Gasteiger partial charge on any atom is -0.350 e. The number of nitrogens with zero attached hydrogens (tertiary/aromatic N) is 2. The van der Waals surface area contributed by atoms with Crippen LogP contribution in [-0.2, 0) is 18.3 Å². The van der Waals surface area contributed by atoms with Crippen molar-refractivity contribution in [2.45, 2.75) is 31.7 Å². The van der Waals surface area contributed by atoms with Crippen LogP contribution >= 0.6 is 0 Å². The normalized spacial score (nSPS) is 28.6. The predicted molar refractivity (Wildman–Crippen MR) is 84.6 cm³/mol. The lowest BCUT2D eigenvalue weighted by Crippen LogP contribution is -2.49. The molecule has 3 heteroatoms. The molecule has 0 N–H and O–H groups in total. The Morgan fingerprint density at radius 2 is 2.10 bits per heavy atom. The summed E-state index contributed by atoms with van der Waals surface area (Å²) in [6.07, 6.45) is 4.41. The summed E-state index contributed by atoms with van der Waals surface area (Å²) in [5, 5.41) is 1.44. The van der Waals surface area contributed by atoms with Crippen molar-refractivity contribution < 1.29 is 4.79 Å². The number of likely N-dealkylation sites (tertiary alicyclic amines) is 1. The second-order valence-electron chi connectivity index (χ2n) is 6.87. The number of ketones is 1. The second-order valence-corrected chi connectivity index (χ2v) is 6.87. The zero-order valence-electron chi connectivity index (χ0n) is 13.0. The number of likely N-dealkylation sites (N-methyl/N-ethyl adjacent to an activating group) is 1. The molecule has 1 unspecified atom stereocenters. The van der Waals surface area contributed by atoms with E-state index in [4.69, 9.17) is 0 Å². The Morgan fingerprint density at radius 3 is 2.86 bits per heavy atom. The minimum atomic E-state index is 0.191. The maximum Gasteiger partial charge on any atom is 0.134 e. The molecule has 2 aromatic rings. The predicted octanol–water partition coefficient (Wildman–Crippen LogP) is 2.73. The van der Waals surface area contributed by atoms with Crippen LogP contribution in [0.15, 0.2) is 24.4 Å². The van der Waals surface area contributed by atoms with Crippen molar-refractivity contribution in [3.05, 3.63) is 35.5 Å². The van der Waals surface area contributed by atoms with Gasteiger partial charge in [-0.15, -0.1) is 0 Å². The van der Waals surface area contributed by atoms with E-state index in [0.29, 0.717) is 17.7 Å². The van der Waals surface area contributed by atoms with Gasteiger partial charge in [0.15, 0.2) is 0 Å². The number of Topliss-reactive ketones (excluding diaryl/α,β-unsaturated/α-hetero) is 1. The molecule has 4 rings (SSSR count). The Bertz CT molecular complexity index is 730. The Kier molecular flexibility index (Phi) is 2.77. The van der Waals surface area contributed by atoms with E-state index in [1.807, 2.05) is 0 Å². The van der Waals surface area contributed by atoms with E-state index in [2.05, 4.69) is 48.0 Å². The first-order valence-electron chi connectivity index (χ1n) is 7.83. The summed E-state index contributed by atoms with van der Waals surface area (Å²) in [6.45, 7) is 2.66. The van der Waals surface area contributed by atoms with Crippen molar-refractivity contribution in [3.8, 4) is 0 Å². The highest BCUT2D eigenvalue weighted by Crippen LogP contribution is 2.44. The largest absolute Gasteiger partial charge is 0.350 e. The maximum absolute atomic E-state index is 11.9. The Balaban J connectivity index is 1.87. The number of rotatable bonds is 1. The molecular weight excluding hydrogens is 260 g/mol. The smallest absolute Gasteiger partial charge is 0.134 e. The lowest BCUT2D eigenvalue weighted by Gasteiger charge is -2.45. The zero-order chi connectivity index (χ0) is 14.7. The average Bonchev–Trinajstić information content (AvgIpc) is 2.78. The van der Waals surface area contributed by atoms with Crippen LogP contribution in [0.1, 0.15) is 30.4 Å². The summed E-state index contributed by atoms with van der Waals surface area (Å²) >= 11 is 0. The monoisotopic (exact) mass is 282 g/mol. The quantitative estimate of drug-likeness (QED) is 0.803. The van der Waals surface area contributed by atoms with E-state index < -0.39 is 0 Å². The second kappa shape index (κ2) is 4.44. The molecule has 0 bridgehead atoms. The van der Waals surface area contributed by atoms with E-state index in [0.717, 1.165) is 19.4 Å². The highest BCUT2D eigenvalue weighted by atomic mass is 16.1. The molecule has 2 heterocycles. The zero-order valence-corrected chi connectivity index (χ0v) is 13.0. The van der Waals surface area contributed by atoms with Crippen LogP contribution in [0.4, 0.5) is 0 Å². The van der Waals surface area contributed by atoms with Crippen molar-refractivity contribution in [2.24, 2.45) is 13.0 Å². The fraction of sp³-hybridized carbons (Fsp3) is 0.500. The number of fused-ring (bicyclic) bond motifs is 2. The topological polar surface area (TPSA) is 25.2 Å². The summed E-state index contributed by atoms with van der Waals surface area (Å²) in [5.74, 6) is 1.03. The van der Waals surface area contributed by atoms with Crippen molar-refractivity contribution >= 4 is 16.7 Å². The van der Waals surface area contributed by atoms with Crippen LogP contribution in [-0.4, -0.2) is 34.9 Å². The van der Waals surface area contributed by atoms with Gasteiger partial charge in [0.1, 0.15) is 5.78 Å². The summed E-state index contributed by atoms with van der Waals surface area (Å²) in [5.41, 5.74) is 4.25. The van der Waals surface area contributed by atoms with Crippen LogP contribution in [0.3, 0.4) is 0 Å². The first-order valence-corrected chi connectivity index (χ1v) is 7.83. The SMILES string of the molecule is CC(=O)C1C[C@@H]2c3cccc4c3c(cn4C)C[C@H]2N(C)C1. The van der Waals surface area contributed by atoms with Gasteiger partial charge < -0.3 is 9.47 Å². The number of hydrogen-bond acceptors (Lipinski definition) is 2. The number of aromatic nitrogens is 1. The Hall–Kier alpha value is -1.61. The first kappa shape index (κ1) is 13.1. The summed E-state index contributed by atoms with van der Waals surface area (Å²) in [4.78, 5) is 14.3. The molecule has 110 valence electrons. The van der Waals surface area contributed by atoms with Gasteiger partial charge in [0, 0.05) is 48.6 Å². The molecule has 0 spiro atoms. The third-order valence-corrected chi connectivity index (χ3v) is 5.61. The highest BCUT2D eigenvalue weighted by Gasteiger charge is 2.40. The number of piperidine rings is 1. The number of hydrogen-bond donors (Lipinski definition) is 0. The molecule has 3 nitrogen and oxygen atoms in total. The van der Waals surface area contributed by atoms with Crippen LogP contribution < -0.4 is 0 Å². The van der Waals surface area contributed by atoms with Gasteiger partial charge in [0.05, 0.1) is 0 Å². The Labute approximate surface area is 125 Å². The van der Waals surface area contributed by atoms with Gasteiger partial charge >= 0.3 is 0 Å². The highest BCUT2D eigenvalue weighted by molar-refractivity contribution is 5.89. The van der Waals surface area contributed by atoms with Gasteiger partial charge in [0.25, 0.3) is 0 Å². The van der Waals surface area contributed by atoms with Crippen LogP contribution in [0.25, 0.3) is 10.9 Å². The van der Waals surface area contributed by atoms with Gasteiger partial charge in [-0.1, -0.05) is 12.1 Å². The first-order chi connectivity index (χ1) is 10.1. The van der Waals surface area contributed by atoms with Crippen molar-refractivity contribution in [3.63, 3.8) is 0 Å². The molecule has 21 heavy (non-hydrogen) atoms. The third-order valence-electron chi connectivity index (χ3n) is 5.61. The molecule has 0 radical (unpaired) electrons. The molecule has 1 saturated heterocycles. The molecular formula is C18H22N2O. The molecule has 1 fully saturated rings. The van der Waals surface area contributed by atoms with Crippen molar-refractivity contribution in [2.75, 3.05) is 13.6 Å².